The number of phenols is 1. The zero-order valence-corrected chi connectivity index (χ0v) is 8.66. The Morgan fingerprint density at radius 3 is 2.21 bits per heavy atom. The molecule has 0 aliphatic heterocycles. The molecule has 74 valence electrons. The molecule has 0 saturated heterocycles. The SMILES string of the molecule is O=[N+]([O-])c1ccc(O)c(I)c1[N+](=O)[O-]. The summed E-state index contributed by atoms with van der Waals surface area (Å²) in [6.07, 6.45) is 0. The third kappa shape index (κ3) is 1.73. The molecule has 0 radical (unpaired) electrons. The van der Waals surface area contributed by atoms with Crippen molar-refractivity contribution in [3.8, 4) is 5.75 Å². The summed E-state index contributed by atoms with van der Waals surface area (Å²) < 4.78 is -0.137. The maximum Gasteiger partial charge on any atom is 0.362 e. The summed E-state index contributed by atoms with van der Waals surface area (Å²) in [4.78, 5) is 19.1. The zero-order valence-electron chi connectivity index (χ0n) is 6.51. The van der Waals surface area contributed by atoms with Crippen molar-refractivity contribution in [2.24, 2.45) is 0 Å². The molecule has 0 aliphatic carbocycles. The number of aromatic hydroxyl groups is 1. The van der Waals surface area contributed by atoms with Gasteiger partial charge < -0.3 is 5.11 Å². The third-order valence-corrected chi connectivity index (χ3v) is 2.52. The van der Waals surface area contributed by atoms with Gasteiger partial charge in [-0.05, 0) is 28.7 Å². The highest BCUT2D eigenvalue weighted by Gasteiger charge is 2.29. The molecular formula is C6H3IN2O5. The highest BCUT2D eigenvalue weighted by Crippen LogP contribution is 2.36. The van der Waals surface area contributed by atoms with E-state index >= 15 is 0 Å². The van der Waals surface area contributed by atoms with Crippen LogP contribution < -0.4 is 0 Å². The maximum absolute atomic E-state index is 10.5. The molecule has 0 aromatic heterocycles. The van der Waals surface area contributed by atoms with Gasteiger partial charge in [0.2, 0.25) is 0 Å². The van der Waals surface area contributed by atoms with Gasteiger partial charge in [0.1, 0.15) is 9.32 Å². The maximum atomic E-state index is 10.5. The van der Waals surface area contributed by atoms with Crippen LogP contribution in [0, 0.1) is 23.8 Å². The van der Waals surface area contributed by atoms with Crippen LogP contribution in [0.5, 0.6) is 5.75 Å². The molecule has 1 aromatic rings. The first-order valence-corrected chi connectivity index (χ1v) is 4.33. The molecule has 0 fully saturated rings. The van der Waals surface area contributed by atoms with Crippen molar-refractivity contribution in [3.63, 3.8) is 0 Å². The van der Waals surface area contributed by atoms with Gasteiger partial charge in [0.15, 0.2) is 0 Å². The minimum Gasteiger partial charge on any atom is -0.507 e. The van der Waals surface area contributed by atoms with Crippen LogP contribution in [0.3, 0.4) is 0 Å². The van der Waals surface area contributed by atoms with Gasteiger partial charge in [-0.2, -0.15) is 0 Å². The van der Waals surface area contributed by atoms with Crippen LogP contribution in [0.2, 0.25) is 0 Å². The molecular weight excluding hydrogens is 307 g/mol. The quantitative estimate of drug-likeness (QED) is 0.509. The van der Waals surface area contributed by atoms with E-state index in [4.69, 9.17) is 5.11 Å². The summed E-state index contributed by atoms with van der Waals surface area (Å²) >= 11 is 1.48. The minimum absolute atomic E-state index is 0.137. The molecule has 1 N–H and O–H groups in total. The molecule has 0 amide bonds. The molecule has 8 heteroatoms. The third-order valence-electron chi connectivity index (χ3n) is 1.45. The summed E-state index contributed by atoms with van der Waals surface area (Å²) in [6, 6.07) is 1.95. The second-order valence-corrected chi connectivity index (χ2v) is 3.36. The highest BCUT2D eigenvalue weighted by molar-refractivity contribution is 14.1. The molecule has 0 spiro atoms. The van der Waals surface area contributed by atoms with E-state index < -0.39 is 21.2 Å². The van der Waals surface area contributed by atoms with Crippen LogP contribution in [0.15, 0.2) is 12.1 Å². The molecule has 7 nitrogen and oxygen atoms in total. The number of benzene rings is 1. The number of rotatable bonds is 2. The fourth-order valence-electron chi connectivity index (χ4n) is 0.865. The van der Waals surface area contributed by atoms with Gasteiger partial charge >= 0.3 is 11.4 Å². The van der Waals surface area contributed by atoms with Crippen LogP contribution in [0.4, 0.5) is 11.4 Å². The molecule has 14 heavy (non-hydrogen) atoms. The van der Waals surface area contributed by atoms with E-state index in [1.807, 2.05) is 0 Å². The Bertz CT molecular complexity index is 419. The molecule has 0 unspecified atom stereocenters. The van der Waals surface area contributed by atoms with Crippen LogP contribution in [0.1, 0.15) is 0 Å². The Hall–Kier alpha value is -1.45. The normalized spacial score (nSPS) is 9.79. The molecule has 0 bridgehead atoms. The molecule has 0 saturated carbocycles. The van der Waals surface area contributed by atoms with Crippen LogP contribution in [-0.4, -0.2) is 15.0 Å². The number of halogens is 1. The van der Waals surface area contributed by atoms with Crippen LogP contribution in [0.25, 0.3) is 0 Å². The summed E-state index contributed by atoms with van der Waals surface area (Å²) in [5.41, 5.74) is -1.31. The fraction of sp³-hybridized carbons (Fsp3) is 0. The van der Waals surface area contributed by atoms with E-state index in [1.54, 1.807) is 0 Å². The van der Waals surface area contributed by atoms with Crippen molar-refractivity contribution in [3.05, 3.63) is 35.9 Å². The molecule has 0 atom stereocenters. The average molecular weight is 310 g/mol. The number of nitro groups is 2. The van der Waals surface area contributed by atoms with Gasteiger partial charge in [0.05, 0.1) is 9.85 Å². The van der Waals surface area contributed by atoms with Gasteiger partial charge in [-0.3, -0.25) is 20.2 Å². The van der Waals surface area contributed by atoms with Gasteiger partial charge in [-0.15, -0.1) is 0 Å². The lowest BCUT2D eigenvalue weighted by Gasteiger charge is -1.98. The van der Waals surface area contributed by atoms with Crippen molar-refractivity contribution >= 4 is 34.0 Å². The summed E-state index contributed by atoms with van der Waals surface area (Å²) in [7, 11) is 0. The number of hydrogen-bond acceptors (Lipinski definition) is 5. The van der Waals surface area contributed by atoms with Gasteiger partial charge in [-0.1, -0.05) is 0 Å². The Morgan fingerprint density at radius 1 is 1.21 bits per heavy atom. The standard InChI is InChI=1S/C6H3IN2O5/c7-5-4(10)2-1-3(8(11)12)6(5)9(13)14/h1-2,10H. The van der Waals surface area contributed by atoms with E-state index in [0.29, 0.717) is 0 Å². The number of nitro benzene ring substituents is 2. The van der Waals surface area contributed by atoms with E-state index in [2.05, 4.69) is 0 Å². The fourth-order valence-corrected chi connectivity index (χ4v) is 1.52. The lowest BCUT2D eigenvalue weighted by Crippen LogP contribution is -1.98. The summed E-state index contributed by atoms with van der Waals surface area (Å²) in [6.45, 7) is 0. The Labute approximate surface area is 90.8 Å². The predicted octanol–water partition coefficient (Wildman–Crippen LogP) is 1.81. The first-order valence-electron chi connectivity index (χ1n) is 3.25. The summed E-state index contributed by atoms with van der Waals surface area (Å²) in [5.74, 6) is -0.345. The Morgan fingerprint density at radius 2 is 1.79 bits per heavy atom. The minimum atomic E-state index is -0.889. The summed E-state index contributed by atoms with van der Waals surface area (Å²) in [5, 5.41) is 30.0. The molecule has 0 heterocycles. The van der Waals surface area contributed by atoms with Crippen molar-refractivity contribution in [2.75, 3.05) is 0 Å². The van der Waals surface area contributed by atoms with E-state index in [9.17, 15) is 20.2 Å². The topological polar surface area (TPSA) is 107 Å². The monoisotopic (exact) mass is 310 g/mol. The van der Waals surface area contributed by atoms with E-state index in [1.165, 1.54) is 22.6 Å². The zero-order chi connectivity index (χ0) is 10.9. The van der Waals surface area contributed by atoms with Crippen molar-refractivity contribution in [1.82, 2.24) is 0 Å². The lowest BCUT2D eigenvalue weighted by molar-refractivity contribution is -0.423. The van der Waals surface area contributed by atoms with Crippen molar-refractivity contribution in [1.29, 1.82) is 0 Å². The van der Waals surface area contributed by atoms with Crippen LogP contribution in [-0.2, 0) is 0 Å². The van der Waals surface area contributed by atoms with Crippen LogP contribution >= 0.6 is 22.6 Å². The average Bonchev–Trinajstić information content (AvgIpc) is 2.08. The number of hydrogen-bond donors (Lipinski definition) is 1. The Kier molecular flexibility index (Phi) is 2.84. The van der Waals surface area contributed by atoms with Gasteiger partial charge in [0, 0.05) is 6.07 Å². The van der Waals surface area contributed by atoms with E-state index in [-0.39, 0.29) is 9.32 Å². The van der Waals surface area contributed by atoms with E-state index in [0.717, 1.165) is 12.1 Å². The van der Waals surface area contributed by atoms with Gasteiger partial charge in [-0.25, -0.2) is 0 Å². The lowest BCUT2D eigenvalue weighted by atomic mass is 10.2. The highest BCUT2D eigenvalue weighted by atomic mass is 127. The molecule has 1 aromatic carbocycles. The van der Waals surface area contributed by atoms with Crippen molar-refractivity contribution < 1.29 is 15.0 Å². The smallest absolute Gasteiger partial charge is 0.362 e. The first-order chi connectivity index (χ1) is 6.45. The number of nitrogens with zero attached hydrogens (tertiary/aromatic N) is 2. The predicted molar refractivity (Wildman–Crippen MR) is 54.1 cm³/mol. The van der Waals surface area contributed by atoms with Crippen molar-refractivity contribution in [2.45, 2.75) is 0 Å². The number of phenolic OH excluding ortho intramolecular Hbond substituents is 1. The second-order valence-electron chi connectivity index (χ2n) is 2.28. The van der Waals surface area contributed by atoms with Gasteiger partial charge in [0.25, 0.3) is 0 Å². The second kappa shape index (κ2) is 3.74. The first kappa shape index (κ1) is 10.6. The largest absolute Gasteiger partial charge is 0.507 e. The molecule has 1 rings (SSSR count). The Balaban J connectivity index is 3.53. The molecule has 0 aliphatic rings.